The Morgan fingerprint density at radius 1 is 1.47 bits per heavy atom. The van der Waals surface area contributed by atoms with E-state index in [1.165, 1.54) is 6.07 Å². The third kappa shape index (κ3) is 2.93. The summed E-state index contributed by atoms with van der Waals surface area (Å²) in [6, 6.07) is 4.80. The van der Waals surface area contributed by atoms with E-state index in [9.17, 15) is 10.1 Å². The fourth-order valence-electron chi connectivity index (χ4n) is 1.71. The van der Waals surface area contributed by atoms with E-state index < -0.39 is 4.92 Å². The Labute approximate surface area is 118 Å². The van der Waals surface area contributed by atoms with E-state index in [4.69, 9.17) is 4.52 Å². The predicted octanol–water partition coefficient (Wildman–Crippen LogP) is 3.57. The second-order valence-electron chi connectivity index (χ2n) is 4.08. The first-order chi connectivity index (χ1) is 8.99. The molecule has 0 aliphatic rings. The highest BCUT2D eigenvalue weighted by molar-refractivity contribution is 9.10. The summed E-state index contributed by atoms with van der Waals surface area (Å²) in [5, 5.41) is 17.8. The van der Waals surface area contributed by atoms with E-state index in [2.05, 4.69) is 26.4 Å². The van der Waals surface area contributed by atoms with Crippen molar-refractivity contribution in [2.75, 3.05) is 5.32 Å². The molecule has 0 atom stereocenters. The number of rotatable bonds is 4. The highest BCUT2D eigenvalue weighted by Gasteiger charge is 2.12. The molecule has 1 aromatic heterocycles. The predicted molar refractivity (Wildman–Crippen MR) is 74.1 cm³/mol. The van der Waals surface area contributed by atoms with E-state index in [-0.39, 0.29) is 5.69 Å². The van der Waals surface area contributed by atoms with Gasteiger partial charge in [0.1, 0.15) is 5.76 Å². The van der Waals surface area contributed by atoms with Crippen LogP contribution in [0, 0.1) is 24.0 Å². The summed E-state index contributed by atoms with van der Waals surface area (Å²) in [6.07, 6.45) is 0. The number of anilines is 1. The van der Waals surface area contributed by atoms with Crippen LogP contribution in [0.15, 0.2) is 27.2 Å². The molecule has 0 bridgehead atoms. The van der Waals surface area contributed by atoms with Crippen LogP contribution in [-0.2, 0) is 6.54 Å². The number of aromatic nitrogens is 1. The lowest BCUT2D eigenvalue weighted by Gasteiger charge is -2.06. The number of nitro benzene ring substituents is 1. The Hall–Kier alpha value is -1.89. The lowest BCUT2D eigenvalue weighted by atomic mass is 10.2. The SMILES string of the molecule is Cc1noc(C)c1CNc1ccc([N+](=O)[O-])c(Br)c1. The molecular weight excluding hydrogens is 314 g/mol. The van der Waals surface area contributed by atoms with Gasteiger partial charge in [0.2, 0.25) is 0 Å². The molecular formula is C12H12BrN3O3. The third-order valence-corrected chi connectivity index (χ3v) is 3.43. The van der Waals surface area contributed by atoms with Gasteiger partial charge in [-0.2, -0.15) is 0 Å². The molecule has 0 saturated heterocycles. The van der Waals surface area contributed by atoms with Gasteiger partial charge in [-0.15, -0.1) is 0 Å². The van der Waals surface area contributed by atoms with Crippen LogP contribution in [0.2, 0.25) is 0 Å². The average Bonchev–Trinajstić information content (AvgIpc) is 2.66. The zero-order chi connectivity index (χ0) is 14.0. The van der Waals surface area contributed by atoms with Gasteiger partial charge < -0.3 is 9.84 Å². The van der Waals surface area contributed by atoms with E-state index >= 15 is 0 Å². The summed E-state index contributed by atoms with van der Waals surface area (Å²) in [6.45, 7) is 4.29. The Morgan fingerprint density at radius 2 is 2.21 bits per heavy atom. The van der Waals surface area contributed by atoms with Crippen LogP contribution in [0.25, 0.3) is 0 Å². The molecule has 1 aromatic carbocycles. The standard InChI is InChI=1S/C12H12BrN3O3/c1-7-10(8(2)19-15-7)6-14-9-3-4-12(16(17)18)11(13)5-9/h3-5,14H,6H2,1-2H3. The van der Waals surface area contributed by atoms with Gasteiger partial charge in [-0.3, -0.25) is 10.1 Å². The Kier molecular flexibility index (Phi) is 3.84. The maximum atomic E-state index is 10.7. The van der Waals surface area contributed by atoms with Crippen molar-refractivity contribution in [1.82, 2.24) is 5.16 Å². The number of halogens is 1. The molecule has 0 aliphatic heterocycles. The molecule has 0 amide bonds. The van der Waals surface area contributed by atoms with E-state index in [0.717, 1.165) is 22.7 Å². The second kappa shape index (κ2) is 5.40. The van der Waals surface area contributed by atoms with E-state index in [1.807, 2.05) is 13.8 Å². The minimum Gasteiger partial charge on any atom is -0.381 e. The van der Waals surface area contributed by atoms with Gasteiger partial charge in [0.25, 0.3) is 5.69 Å². The van der Waals surface area contributed by atoms with Crippen molar-refractivity contribution in [2.24, 2.45) is 0 Å². The first-order valence-corrected chi connectivity index (χ1v) is 6.38. The molecule has 7 heteroatoms. The molecule has 0 unspecified atom stereocenters. The largest absolute Gasteiger partial charge is 0.381 e. The van der Waals surface area contributed by atoms with Crippen molar-refractivity contribution >= 4 is 27.3 Å². The van der Waals surface area contributed by atoms with Gasteiger partial charge in [0, 0.05) is 23.9 Å². The molecule has 1 heterocycles. The lowest BCUT2D eigenvalue weighted by molar-refractivity contribution is -0.385. The number of hydrogen-bond acceptors (Lipinski definition) is 5. The van der Waals surface area contributed by atoms with Crippen molar-refractivity contribution < 1.29 is 9.45 Å². The number of nitrogens with zero attached hydrogens (tertiary/aromatic N) is 2. The minimum atomic E-state index is -0.428. The van der Waals surface area contributed by atoms with Crippen molar-refractivity contribution in [3.05, 3.63) is 49.8 Å². The van der Waals surface area contributed by atoms with Crippen LogP contribution in [0.3, 0.4) is 0 Å². The lowest BCUT2D eigenvalue weighted by Crippen LogP contribution is -2.01. The summed E-state index contributed by atoms with van der Waals surface area (Å²) in [5.41, 5.74) is 2.67. The molecule has 6 nitrogen and oxygen atoms in total. The molecule has 100 valence electrons. The van der Waals surface area contributed by atoms with Gasteiger partial charge in [0.15, 0.2) is 0 Å². The Balaban J connectivity index is 2.13. The quantitative estimate of drug-likeness (QED) is 0.686. The van der Waals surface area contributed by atoms with Crippen LogP contribution in [-0.4, -0.2) is 10.1 Å². The van der Waals surface area contributed by atoms with Gasteiger partial charge in [-0.1, -0.05) is 5.16 Å². The summed E-state index contributed by atoms with van der Waals surface area (Å²) in [7, 11) is 0. The number of nitrogens with one attached hydrogen (secondary N) is 1. The molecule has 19 heavy (non-hydrogen) atoms. The minimum absolute atomic E-state index is 0.0443. The maximum absolute atomic E-state index is 10.7. The monoisotopic (exact) mass is 325 g/mol. The molecule has 1 N–H and O–H groups in total. The molecule has 0 fully saturated rings. The van der Waals surface area contributed by atoms with Crippen molar-refractivity contribution in [3.63, 3.8) is 0 Å². The Bertz CT molecular complexity index is 605. The first kappa shape index (κ1) is 13.5. The highest BCUT2D eigenvalue weighted by Crippen LogP contribution is 2.28. The zero-order valence-electron chi connectivity index (χ0n) is 10.4. The van der Waals surface area contributed by atoms with Crippen LogP contribution in [0.4, 0.5) is 11.4 Å². The summed E-state index contributed by atoms with van der Waals surface area (Å²) >= 11 is 3.18. The molecule has 0 radical (unpaired) electrons. The number of benzene rings is 1. The molecule has 0 saturated carbocycles. The fourth-order valence-corrected chi connectivity index (χ4v) is 2.23. The first-order valence-electron chi connectivity index (χ1n) is 5.58. The molecule has 2 rings (SSSR count). The van der Waals surface area contributed by atoms with Crippen LogP contribution < -0.4 is 5.32 Å². The van der Waals surface area contributed by atoms with Crippen molar-refractivity contribution in [2.45, 2.75) is 20.4 Å². The van der Waals surface area contributed by atoms with Gasteiger partial charge in [-0.25, -0.2) is 0 Å². The molecule has 0 spiro atoms. The maximum Gasteiger partial charge on any atom is 0.283 e. The van der Waals surface area contributed by atoms with E-state index in [0.29, 0.717) is 11.0 Å². The summed E-state index contributed by atoms with van der Waals surface area (Å²) in [5.74, 6) is 0.769. The Morgan fingerprint density at radius 3 is 2.74 bits per heavy atom. The van der Waals surface area contributed by atoms with Crippen molar-refractivity contribution in [3.8, 4) is 0 Å². The number of aryl methyl sites for hydroxylation is 2. The molecule has 0 aliphatic carbocycles. The van der Waals surface area contributed by atoms with Gasteiger partial charge >= 0.3 is 0 Å². The summed E-state index contributed by atoms with van der Waals surface area (Å²) < 4.78 is 5.52. The average molecular weight is 326 g/mol. The van der Waals surface area contributed by atoms with Gasteiger partial charge in [-0.05, 0) is 41.9 Å². The smallest absolute Gasteiger partial charge is 0.283 e. The normalized spacial score (nSPS) is 10.5. The van der Waals surface area contributed by atoms with Crippen LogP contribution >= 0.6 is 15.9 Å². The molecule has 2 aromatic rings. The topological polar surface area (TPSA) is 81.2 Å². The third-order valence-electron chi connectivity index (χ3n) is 2.79. The van der Waals surface area contributed by atoms with E-state index in [1.54, 1.807) is 12.1 Å². The highest BCUT2D eigenvalue weighted by atomic mass is 79.9. The van der Waals surface area contributed by atoms with Crippen LogP contribution in [0.1, 0.15) is 17.0 Å². The van der Waals surface area contributed by atoms with Gasteiger partial charge in [0.05, 0.1) is 15.1 Å². The zero-order valence-corrected chi connectivity index (χ0v) is 12.0. The number of nitro groups is 1. The van der Waals surface area contributed by atoms with Crippen LogP contribution in [0.5, 0.6) is 0 Å². The summed E-state index contributed by atoms with van der Waals surface area (Å²) in [4.78, 5) is 10.3. The number of hydrogen-bond donors (Lipinski definition) is 1. The van der Waals surface area contributed by atoms with Crippen molar-refractivity contribution in [1.29, 1.82) is 0 Å². The fraction of sp³-hybridized carbons (Fsp3) is 0.250. The second-order valence-corrected chi connectivity index (χ2v) is 4.93.